The second-order valence-electron chi connectivity index (χ2n) is 7.08. The lowest BCUT2D eigenvalue weighted by Gasteiger charge is -2.22. The molecular weight excluding hydrogens is 331 g/mol. The zero-order valence-electron chi connectivity index (χ0n) is 14.9. The van der Waals surface area contributed by atoms with E-state index in [-0.39, 0.29) is 10.6 Å². The highest BCUT2D eigenvalue weighted by atomic mass is 32.2. The third-order valence-corrected chi connectivity index (χ3v) is 5.20. The third-order valence-electron chi connectivity index (χ3n) is 3.84. The van der Waals surface area contributed by atoms with Crippen LogP contribution in [0, 0.1) is 18.2 Å². The van der Waals surface area contributed by atoms with Gasteiger partial charge in [-0.25, -0.2) is 4.39 Å². The fourth-order valence-corrected chi connectivity index (χ4v) is 3.83. The molecule has 2 aromatic carbocycles. The molecule has 3 rings (SSSR count). The molecule has 0 aliphatic carbocycles. The maximum absolute atomic E-state index is 13.8. The minimum Gasteiger partial charge on any atom is -0.300 e. The Labute approximate surface area is 152 Å². The monoisotopic (exact) mass is 352 g/mol. The van der Waals surface area contributed by atoms with Crippen LogP contribution in [0.25, 0.3) is 10.9 Å². The van der Waals surface area contributed by atoms with Crippen molar-refractivity contribution in [3.63, 3.8) is 0 Å². The van der Waals surface area contributed by atoms with Crippen LogP contribution in [0.2, 0.25) is 0 Å². The number of nitrogens with zero attached hydrogens (tertiary/aromatic N) is 1. The number of fused-ring (bicyclic) bond motifs is 1. The molecule has 1 heterocycles. The van der Waals surface area contributed by atoms with E-state index in [0.717, 1.165) is 16.0 Å². The summed E-state index contributed by atoms with van der Waals surface area (Å²) in [4.78, 5) is 5.34. The van der Waals surface area contributed by atoms with Crippen molar-refractivity contribution in [3.05, 3.63) is 71.2 Å². The van der Waals surface area contributed by atoms with E-state index in [1.165, 1.54) is 6.07 Å². The number of rotatable bonds is 3. The molecule has 0 fully saturated rings. The third kappa shape index (κ3) is 3.74. The number of pyridine rings is 1. The Balaban J connectivity index is 2.08. The second-order valence-corrected chi connectivity index (χ2v) is 8.91. The quantitative estimate of drug-likeness (QED) is 0.464. The van der Waals surface area contributed by atoms with Crippen LogP contribution in [-0.4, -0.2) is 15.4 Å². The molecular formula is C21H21FN2S. The smallest absolute Gasteiger partial charge is 0.149 e. The van der Waals surface area contributed by atoms with Gasteiger partial charge in [0.15, 0.2) is 0 Å². The van der Waals surface area contributed by atoms with Crippen molar-refractivity contribution in [2.24, 2.45) is 0 Å². The molecule has 0 spiro atoms. The lowest BCUT2D eigenvalue weighted by molar-refractivity contribution is 0.637. The van der Waals surface area contributed by atoms with Crippen LogP contribution in [0.3, 0.4) is 0 Å². The van der Waals surface area contributed by atoms with E-state index in [4.69, 9.17) is 5.41 Å². The molecule has 1 aromatic heterocycles. The highest BCUT2D eigenvalue weighted by molar-refractivity contribution is 8.00. The van der Waals surface area contributed by atoms with E-state index in [1.807, 2.05) is 24.3 Å². The van der Waals surface area contributed by atoms with Gasteiger partial charge in [0.1, 0.15) is 11.3 Å². The van der Waals surface area contributed by atoms with Crippen LogP contribution in [-0.2, 0) is 0 Å². The molecule has 128 valence electrons. The van der Waals surface area contributed by atoms with Crippen molar-refractivity contribution in [1.29, 1.82) is 5.41 Å². The van der Waals surface area contributed by atoms with Crippen LogP contribution in [0.4, 0.5) is 4.39 Å². The van der Waals surface area contributed by atoms with Crippen molar-refractivity contribution in [1.82, 2.24) is 4.98 Å². The van der Waals surface area contributed by atoms with Gasteiger partial charge >= 0.3 is 0 Å². The Morgan fingerprint density at radius 2 is 1.84 bits per heavy atom. The predicted octanol–water partition coefficient (Wildman–Crippen LogP) is 5.99. The number of hydrogen-bond acceptors (Lipinski definition) is 3. The standard InChI is InChI=1S/C21H21FN2S/c1-13-7-5-9-16(20(13)25-21(2,3)4)18(23)15-11-14-8-6-10-17(22)19(14)24-12-15/h5-12,23H,1-4H3. The van der Waals surface area contributed by atoms with Crippen LogP contribution in [0.5, 0.6) is 0 Å². The van der Waals surface area contributed by atoms with Crippen molar-refractivity contribution in [2.45, 2.75) is 37.3 Å². The van der Waals surface area contributed by atoms with E-state index < -0.39 is 0 Å². The summed E-state index contributed by atoms with van der Waals surface area (Å²) in [5.74, 6) is -0.338. The van der Waals surface area contributed by atoms with Gasteiger partial charge in [-0.05, 0) is 24.6 Å². The van der Waals surface area contributed by atoms with Gasteiger partial charge in [0, 0.05) is 32.4 Å². The summed E-state index contributed by atoms with van der Waals surface area (Å²) < 4.78 is 13.9. The molecule has 25 heavy (non-hydrogen) atoms. The van der Waals surface area contributed by atoms with Gasteiger partial charge in [0.05, 0.1) is 5.71 Å². The van der Waals surface area contributed by atoms with Gasteiger partial charge in [-0.3, -0.25) is 10.4 Å². The van der Waals surface area contributed by atoms with Gasteiger partial charge in [-0.15, -0.1) is 11.8 Å². The number of nitrogens with one attached hydrogen (secondary N) is 1. The summed E-state index contributed by atoms with van der Waals surface area (Å²) in [5, 5.41) is 9.41. The first kappa shape index (κ1) is 17.6. The summed E-state index contributed by atoms with van der Waals surface area (Å²) in [7, 11) is 0. The number of hydrogen-bond donors (Lipinski definition) is 1. The summed E-state index contributed by atoms with van der Waals surface area (Å²) >= 11 is 1.76. The predicted molar refractivity (Wildman–Crippen MR) is 104 cm³/mol. The molecule has 0 saturated carbocycles. The number of benzene rings is 2. The normalized spacial score (nSPS) is 11.7. The molecule has 2 nitrogen and oxygen atoms in total. The first-order valence-electron chi connectivity index (χ1n) is 8.18. The highest BCUT2D eigenvalue weighted by Gasteiger charge is 2.19. The van der Waals surface area contributed by atoms with E-state index in [9.17, 15) is 4.39 Å². The molecule has 0 atom stereocenters. The van der Waals surface area contributed by atoms with Crippen molar-refractivity contribution >= 4 is 28.4 Å². The molecule has 4 heteroatoms. The molecule has 0 amide bonds. The van der Waals surface area contributed by atoms with Gasteiger partial charge in [0.25, 0.3) is 0 Å². The average Bonchev–Trinajstić information content (AvgIpc) is 2.55. The lowest BCUT2D eigenvalue weighted by Crippen LogP contribution is -2.11. The van der Waals surface area contributed by atoms with Gasteiger partial charge < -0.3 is 0 Å². The molecule has 0 bridgehead atoms. The average molecular weight is 352 g/mol. The largest absolute Gasteiger partial charge is 0.300 e. The first-order valence-corrected chi connectivity index (χ1v) is 9.00. The van der Waals surface area contributed by atoms with Crippen LogP contribution in [0.1, 0.15) is 37.5 Å². The summed E-state index contributed by atoms with van der Waals surface area (Å²) in [6.07, 6.45) is 1.58. The van der Waals surface area contributed by atoms with Crippen molar-refractivity contribution < 1.29 is 4.39 Å². The number of halogens is 1. The molecule has 0 aliphatic heterocycles. The summed E-state index contributed by atoms with van der Waals surface area (Å²) in [5.41, 5.74) is 3.49. The Hall–Kier alpha value is -2.20. The molecule has 0 aliphatic rings. The zero-order valence-corrected chi connectivity index (χ0v) is 15.7. The maximum Gasteiger partial charge on any atom is 0.149 e. The Morgan fingerprint density at radius 3 is 2.56 bits per heavy atom. The first-order chi connectivity index (χ1) is 11.8. The van der Waals surface area contributed by atoms with Crippen molar-refractivity contribution in [3.8, 4) is 0 Å². The summed E-state index contributed by atoms with van der Waals surface area (Å²) in [6.45, 7) is 8.56. The fourth-order valence-electron chi connectivity index (χ4n) is 2.71. The number of aromatic nitrogens is 1. The van der Waals surface area contributed by atoms with Crippen LogP contribution in [0.15, 0.2) is 53.6 Å². The van der Waals surface area contributed by atoms with Crippen LogP contribution >= 0.6 is 11.8 Å². The number of para-hydroxylation sites is 1. The van der Waals surface area contributed by atoms with Gasteiger partial charge in [0.2, 0.25) is 0 Å². The molecule has 0 unspecified atom stereocenters. The molecule has 0 saturated heterocycles. The second kappa shape index (κ2) is 6.60. The number of thioether (sulfide) groups is 1. The topological polar surface area (TPSA) is 36.7 Å². The molecule has 3 aromatic rings. The Bertz CT molecular complexity index is 958. The minimum atomic E-state index is -0.338. The van der Waals surface area contributed by atoms with E-state index in [1.54, 1.807) is 24.0 Å². The fraction of sp³-hybridized carbons (Fsp3) is 0.238. The van der Waals surface area contributed by atoms with Crippen LogP contribution < -0.4 is 0 Å². The SMILES string of the molecule is Cc1cccc(C(=N)c2cnc3c(F)cccc3c2)c1SC(C)(C)C. The van der Waals surface area contributed by atoms with Gasteiger partial charge in [-0.1, -0.05) is 51.1 Å². The van der Waals surface area contributed by atoms with Crippen molar-refractivity contribution in [2.75, 3.05) is 0 Å². The van der Waals surface area contributed by atoms with E-state index in [0.29, 0.717) is 22.2 Å². The van der Waals surface area contributed by atoms with E-state index >= 15 is 0 Å². The summed E-state index contributed by atoms with van der Waals surface area (Å²) in [6, 6.07) is 12.7. The van der Waals surface area contributed by atoms with Gasteiger partial charge in [-0.2, -0.15) is 0 Å². The molecule has 0 radical (unpaired) electrons. The molecule has 1 N–H and O–H groups in total. The maximum atomic E-state index is 13.8. The minimum absolute atomic E-state index is 0.0475. The van der Waals surface area contributed by atoms with E-state index in [2.05, 4.69) is 38.7 Å². The Morgan fingerprint density at radius 1 is 1.12 bits per heavy atom. The zero-order chi connectivity index (χ0) is 18.2. The highest BCUT2D eigenvalue weighted by Crippen LogP contribution is 2.37. The lowest BCUT2D eigenvalue weighted by atomic mass is 10.0. The number of aryl methyl sites for hydroxylation is 1. The Kier molecular flexibility index (Phi) is 4.65.